The Labute approximate surface area is 96.8 Å². The van der Waals surface area contributed by atoms with E-state index >= 15 is 0 Å². The van der Waals surface area contributed by atoms with Crippen LogP contribution in [0, 0.1) is 0 Å². The summed E-state index contributed by atoms with van der Waals surface area (Å²) in [5.74, 6) is 1.46. The lowest BCUT2D eigenvalue weighted by Gasteiger charge is -2.22. The molecule has 1 aliphatic heterocycles. The molecule has 0 unspecified atom stereocenters. The predicted octanol–water partition coefficient (Wildman–Crippen LogP) is 1.53. The highest BCUT2D eigenvalue weighted by Crippen LogP contribution is 2.12. The van der Waals surface area contributed by atoms with Gasteiger partial charge in [0.25, 0.3) is 0 Å². The van der Waals surface area contributed by atoms with E-state index in [-0.39, 0.29) is 0 Å². The zero-order valence-corrected chi connectivity index (χ0v) is 10.3. The molecule has 2 heterocycles. The van der Waals surface area contributed by atoms with Crippen molar-refractivity contribution in [1.29, 1.82) is 0 Å². The maximum atomic E-state index is 11.8. The minimum atomic E-state index is -0.739. The fourth-order valence-electron chi connectivity index (χ4n) is 1.82. The van der Waals surface area contributed by atoms with E-state index in [2.05, 4.69) is 10.3 Å². The van der Waals surface area contributed by atoms with Crippen LogP contribution in [0.2, 0.25) is 0 Å². The van der Waals surface area contributed by atoms with Crippen LogP contribution in [0.15, 0.2) is 11.7 Å². The monoisotopic (exact) mass is 244 g/mol. The van der Waals surface area contributed by atoms with E-state index in [1.54, 1.807) is 16.8 Å². The maximum Gasteiger partial charge on any atom is 0.0794 e. The van der Waals surface area contributed by atoms with Crippen molar-refractivity contribution in [2.45, 2.75) is 31.1 Å². The largest absolute Gasteiger partial charge is 0.313 e. The molecule has 2 rings (SSSR count). The van der Waals surface area contributed by atoms with E-state index < -0.39 is 10.8 Å². The Balaban J connectivity index is 1.76. The van der Waals surface area contributed by atoms with Gasteiger partial charge in [0.05, 0.1) is 11.3 Å². The van der Waals surface area contributed by atoms with Crippen LogP contribution in [0.3, 0.4) is 0 Å². The summed E-state index contributed by atoms with van der Waals surface area (Å²) in [6.07, 6.45) is 5.53. The van der Waals surface area contributed by atoms with Crippen molar-refractivity contribution in [3.63, 3.8) is 0 Å². The number of rotatable bonds is 4. The first-order valence-corrected chi connectivity index (χ1v) is 7.67. The first-order chi connectivity index (χ1) is 7.34. The lowest BCUT2D eigenvalue weighted by atomic mass is 10.1. The molecular formula is C10H16N2OS2. The van der Waals surface area contributed by atoms with E-state index in [1.165, 1.54) is 19.3 Å². The van der Waals surface area contributed by atoms with Gasteiger partial charge in [-0.15, -0.1) is 11.3 Å². The Bertz CT molecular complexity index is 307. The van der Waals surface area contributed by atoms with Crippen molar-refractivity contribution in [3.05, 3.63) is 16.6 Å². The predicted molar refractivity (Wildman–Crippen MR) is 64.5 cm³/mol. The number of aromatic nitrogens is 1. The fourth-order valence-corrected chi connectivity index (χ4v) is 4.11. The van der Waals surface area contributed by atoms with Crippen LogP contribution in [0.4, 0.5) is 0 Å². The van der Waals surface area contributed by atoms with Crippen molar-refractivity contribution in [2.24, 2.45) is 0 Å². The Morgan fingerprint density at radius 3 is 3.20 bits per heavy atom. The molecule has 1 saturated heterocycles. The van der Waals surface area contributed by atoms with Crippen LogP contribution in [-0.2, 0) is 16.6 Å². The van der Waals surface area contributed by atoms with Crippen molar-refractivity contribution in [3.8, 4) is 0 Å². The minimum Gasteiger partial charge on any atom is -0.313 e. The van der Waals surface area contributed by atoms with E-state index in [1.807, 2.05) is 6.20 Å². The lowest BCUT2D eigenvalue weighted by Crippen LogP contribution is -2.38. The highest BCUT2D eigenvalue weighted by molar-refractivity contribution is 7.84. The second kappa shape index (κ2) is 5.72. The SMILES string of the molecule is O=[S@](Cc1cncs1)C[C@H]1CCCCN1. The van der Waals surface area contributed by atoms with Crippen LogP contribution in [0.1, 0.15) is 24.1 Å². The van der Waals surface area contributed by atoms with E-state index in [0.29, 0.717) is 11.8 Å². The molecule has 5 heteroatoms. The Morgan fingerprint density at radius 2 is 2.53 bits per heavy atom. The van der Waals surface area contributed by atoms with Crippen molar-refractivity contribution in [1.82, 2.24) is 10.3 Å². The summed E-state index contributed by atoms with van der Waals surface area (Å²) < 4.78 is 11.8. The molecule has 1 aromatic rings. The zero-order chi connectivity index (χ0) is 10.5. The quantitative estimate of drug-likeness (QED) is 0.873. The topological polar surface area (TPSA) is 42.0 Å². The van der Waals surface area contributed by atoms with E-state index in [4.69, 9.17) is 0 Å². The molecular weight excluding hydrogens is 228 g/mol. The summed E-state index contributed by atoms with van der Waals surface area (Å²) in [6.45, 7) is 1.09. The summed E-state index contributed by atoms with van der Waals surface area (Å²) in [4.78, 5) is 5.12. The molecule has 84 valence electrons. The number of nitrogens with one attached hydrogen (secondary N) is 1. The van der Waals surface area contributed by atoms with Crippen molar-refractivity contribution >= 4 is 22.1 Å². The van der Waals surface area contributed by atoms with Crippen LogP contribution in [0.5, 0.6) is 0 Å². The number of hydrogen-bond acceptors (Lipinski definition) is 4. The molecule has 0 spiro atoms. The lowest BCUT2D eigenvalue weighted by molar-refractivity contribution is 0.427. The van der Waals surface area contributed by atoms with E-state index in [9.17, 15) is 4.21 Å². The van der Waals surface area contributed by atoms with Gasteiger partial charge in [0.1, 0.15) is 0 Å². The number of thiazole rings is 1. The van der Waals surface area contributed by atoms with Gasteiger partial charge < -0.3 is 5.32 Å². The highest BCUT2D eigenvalue weighted by atomic mass is 32.2. The molecule has 2 atom stereocenters. The van der Waals surface area contributed by atoms with Gasteiger partial charge in [0.15, 0.2) is 0 Å². The molecule has 1 N–H and O–H groups in total. The first kappa shape index (κ1) is 11.2. The molecule has 0 radical (unpaired) electrons. The third-order valence-electron chi connectivity index (χ3n) is 2.59. The van der Waals surface area contributed by atoms with Crippen LogP contribution >= 0.6 is 11.3 Å². The molecule has 0 saturated carbocycles. The van der Waals surface area contributed by atoms with Gasteiger partial charge >= 0.3 is 0 Å². The summed E-state index contributed by atoms with van der Waals surface area (Å²) in [7, 11) is -0.739. The van der Waals surface area contributed by atoms with Crippen LogP contribution < -0.4 is 5.32 Å². The zero-order valence-electron chi connectivity index (χ0n) is 8.65. The molecule has 1 aliphatic rings. The van der Waals surface area contributed by atoms with Gasteiger partial charge in [-0.3, -0.25) is 9.19 Å². The molecule has 0 amide bonds. The third kappa shape index (κ3) is 3.66. The Morgan fingerprint density at radius 1 is 1.60 bits per heavy atom. The summed E-state index contributed by atoms with van der Waals surface area (Å²) >= 11 is 1.59. The fraction of sp³-hybridized carbons (Fsp3) is 0.700. The summed E-state index contributed by atoms with van der Waals surface area (Å²) in [5.41, 5.74) is 1.80. The van der Waals surface area contributed by atoms with Gasteiger partial charge in [-0.25, -0.2) is 0 Å². The maximum absolute atomic E-state index is 11.8. The second-order valence-electron chi connectivity index (χ2n) is 3.87. The van der Waals surface area contributed by atoms with Gasteiger partial charge in [0, 0.05) is 33.7 Å². The average Bonchev–Trinajstić information content (AvgIpc) is 2.71. The molecule has 3 nitrogen and oxygen atoms in total. The second-order valence-corrected chi connectivity index (χ2v) is 6.34. The van der Waals surface area contributed by atoms with Crippen molar-refractivity contribution in [2.75, 3.05) is 12.3 Å². The minimum absolute atomic E-state index is 0.465. The smallest absolute Gasteiger partial charge is 0.0794 e. The summed E-state index contributed by atoms with van der Waals surface area (Å²) in [6, 6.07) is 0.465. The Hall–Kier alpha value is -0.260. The average molecular weight is 244 g/mol. The normalized spacial score (nSPS) is 23.9. The van der Waals surface area contributed by atoms with Crippen LogP contribution in [0.25, 0.3) is 0 Å². The first-order valence-electron chi connectivity index (χ1n) is 5.30. The number of hydrogen-bond donors (Lipinski definition) is 1. The standard InChI is InChI=1S/C10H16N2OS2/c13-15(7-10-5-11-8-14-10)6-9-3-1-2-4-12-9/h5,8-9,12H,1-4,6-7H2/t9-,15+/m1/s1. The van der Waals surface area contributed by atoms with Gasteiger partial charge in [-0.1, -0.05) is 6.42 Å². The number of piperidine rings is 1. The number of nitrogens with zero attached hydrogens (tertiary/aromatic N) is 1. The molecule has 1 aromatic heterocycles. The molecule has 1 fully saturated rings. The molecule has 0 bridgehead atoms. The third-order valence-corrected chi connectivity index (χ3v) is 4.96. The molecule has 0 aromatic carbocycles. The molecule has 0 aliphatic carbocycles. The Kier molecular flexibility index (Phi) is 4.29. The van der Waals surface area contributed by atoms with Crippen LogP contribution in [-0.4, -0.2) is 27.5 Å². The summed E-state index contributed by atoms with van der Waals surface area (Å²) in [5, 5.41) is 3.42. The van der Waals surface area contributed by atoms with Gasteiger partial charge in [-0.05, 0) is 19.4 Å². The van der Waals surface area contributed by atoms with Gasteiger partial charge in [0.2, 0.25) is 0 Å². The molecule has 15 heavy (non-hydrogen) atoms. The highest BCUT2D eigenvalue weighted by Gasteiger charge is 2.15. The van der Waals surface area contributed by atoms with Crippen molar-refractivity contribution < 1.29 is 4.21 Å². The van der Waals surface area contributed by atoms with Gasteiger partial charge in [-0.2, -0.15) is 0 Å². The van der Waals surface area contributed by atoms with E-state index in [0.717, 1.165) is 17.2 Å².